The molecule has 1 amide bonds. The monoisotopic (exact) mass is 739 g/mol. The molecule has 0 saturated carbocycles. The number of phosphoric acid groups is 1. The predicted octanol–water partition coefficient (Wildman–Crippen LogP) is 9.63. The Bertz CT molecular complexity index is 1320. The van der Waals surface area contributed by atoms with Crippen molar-refractivity contribution in [2.24, 2.45) is 0 Å². The van der Waals surface area contributed by atoms with Crippen molar-refractivity contribution in [3.63, 3.8) is 0 Å². The normalized spacial score (nSPS) is 13.7. The van der Waals surface area contributed by atoms with Crippen molar-refractivity contribution >= 4 is 13.9 Å². The Morgan fingerprint density at radius 1 is 0.692 bits per heavy atom. The minimum atomic E-state index is -4.44. The Balaban J connectivity index is 1.66. The van der Waals surface area contributed by atoms with Crippen LogP contribution in [-0.4, -0.2) is 75.6 Å². The fourth-order valence-electron chi connectivity index (χ4n) is 6.10. The van der Waals surface area contributed by atoms with Gasteiger partial charge >= 0.3 is 13.9 Å². The van der Waals surface area contributed by atoms with Gasteiger partial charge in [-0.3, -0.25) is 9.05 Å². The average Bonchev–Trinajstić information content (AvgIpc) is 3.13. The van der Waals surface area contributed by atoms with E-state index in [1.807, 2.05) is 112 Å². The van der Waals surface area contributed by atoms with Gasteiger partial charge in [-0.15, -0.1) is 0 Å². The van der Waals surface area contributed by atoms with E-state index < -0.39 is 32.2 Å². The number of rotatable bonds is 27. The SMILES string of the molecule is CCCCCCCCCCCCCCNC(=O)O[C@H](COC(c1ccccc1)(c1ccccc1)c1ccccc1)COP(=O)(O)OCC[N+](C)(C)C. The number of amides is 1. The van der Waals surface area contributed by atoms with Crippen LogP contribution in [0.1, 0.15) is 101 Å². The summed E-state index contributed by atoms with van der Waals surface area (Å²) in [7, 11) is 1.44. The number of hydrogen-bond donors (Lipinski definition) is 2. The molecule has 0 saturated heterocycles. The van der Waals surface area contributed by atoms with Gasteiger partial charge in [0, 0.05) is 6.54 Å². The lowest BCUT2D eigenvalue weighted by Crippen LogP contribution is -2.40. The molecule has 52 heavy (non-hydrogen) atoms. The maximum Gasteiger partial charge on any atom is 0.472 e. The van der Waals surface area contributed by atoms with E-state index in [0.29, 0.717) is 17.6 Å². The number of quaternary nitrogens is 1. The summed E-state index contributed by atoms with van der Waals surface area (Å²) in [5.74, 6) is 0. The number of likely N-dealkylation sites (N-methyl/N-ethyl adjacent to an activating group) is 1. The van der Waals surface area contributed by atoms with Crippen molar-refractivity contribution in [3.8, 4) is 0 Å². The number of unbranched alkanes of at least 4 members (excludes halogenated alkanes) is 11. The first-order valence-electron chi connectivity index (χ1n) is 19.2. The molecule has 3 aromatic rings. The van der Waals surface area contributed by atoms with Crippen molar-refractivity contribution < 1.29 is 37.3 Å². The molecule has 0 aliphatic heterocycles. The summed E-state index contributed by atoms with van der Waals surface area (Å²) in [6.07, 6.45) is 13.1. The standard InChI is InChI=1S/C42H63N2O7P/c1-5-6-7-8-9-10-11-12-13-14-15-25-32-43-41(45)51-40(36-50-52(46,47)49-34-33-44(2,3)4)35-48-42(37-26-19-16-20-27-37,38-28-21-17-22-29-38)39-30-23-18-24-31-39/h16-24,26-31,40H,5-15,25,32-36H2,1-4H3,(H-,43,45,46,47)/p+1/t40-/m1/s1. The quantitative estimate of drug-likeness (QED) is 0.0347. The third kappa shape index (κ3) is 16.3. The van der Waals surface area contributed by atoms with Crippen molar-refractivity contribution in [2.75, 3.05) is 54.1 Å². The highest BCUT2D eigenvalue weighted by Crippen LogP contribution is 2.44. The number of ether oxygens (including phenoxy) is 2. The highest BCUT2D eigenvalue weighted by molar-refractivity contribution is 7.47. The molecular weight excluding hydrogens is 675 g/mol. The van der Waals surface area contributed by atoms with Crippen LogP contribution in [-0.2, 0) is 28.7 Å². The van der Waals surface area contributed by atoms with Crippen LogP contribution in [0.2, 0.25) is 0 Å². The largest absolute Gasteiger partial charge is 0.472 e. The average molecular weight is 740 g/mol. The zero-order valence-electron chi connectivity index (χ0n) is 32.0. The van der Waals surface area contributed by atoms with Crippen LogP contribution in [0, 0.1) is 0 Å². The van der Waals surface area contributed by atoms with Gasteiger partial charge in [-0.1, -0.05) is 169 Å². The van der Waals surface area contributed by atoms with E-state index in [9.17, 15) is 14.3 Å². The first-order chi connectivity index (χ1) is 25.1. The van der Waals surface area contributed by atoms with E-state index in [1.54, 1.807) is 0 Å². The summed E-state index contributed by atoms with van der Waals surface area (Å²) >= 11 is 0. The van der Waals surface area contributed by atoms with Crippen LogP contribution in [0.3, 0.4) is 0 Å². The molecule has 0 aromatic heterocycles. The molecule has 2 atom stereocenters. The molecule has 0 bridgehead atoms. The maximum atomic E-state index is 13.1. The molecule has 0 heterocycles. The third-order valence-electron chi connectivity index (χ3n) is 9.04. The molecule has 0 aliphatic rings. The van der Waals surface area contributed by atoms with Crippen molar-refractivity contribution in [2.45, 2.75) is 95.7 Å². The van der Waals surface area contributed by atoms with Crippen molar-refractivity contribution in [1.29, 1.82) is 0 Å². The van der Waals surface area contributed by atoms with Crippen LogP contribution in [0.25, 0.3) is 0 Å². The number of nitrogens with zero attached hydrogens (tertiary/aromatic N) is 1. The molecular formula is C42H64N2O7P+. The van der Waals surface area contributed by atoms with E-state index in [0.717, 1.165) is 36.0 Å². The Morgan fingerprint density at radius 3 is 1.58 bits per heavy atom. The van der Waals surface area contributed by atoms with Crippen LogP contribution >= 0.6 is 7.82 Å². The van der Waals surface area contributed by atoms with E-state index in [4.69, 9.17) is 18.5 Å². The Morgan fingerprint density at radius 2 is 1.13 bits per heavy atom. The third-order valence-corrected chi connectivity index (χ3v) is 10.0. The summed E-state index contributed by atoms with van der Waals surface area (Å²) in [5, 5.41) is 2.85. The summed E-state index contributed by atoms with van der Waals surface area (Å²) in [6.45, 7) is 2.71. The molecule has 10 heteroatoms. The van der Waals surface area contributed by atoms with Gasteiger partial charge in [-0.05, 0) is 23.1 Å². The second kappa shape index (κ2) is 23.6. The van der Waals surface area contributed by atoms with E-state index in [-0.39, 0.29) is 13.2 Å². The molecule has 3 rings (SSSR count). The smallest absolute Gasteiger partial charge is 0.441 e. The molecule has 0 radical (unpaired) electrons. The maximum absolute atomic E-state index is 13.1. The topological polar surface area (TPSA) is 103 Å². The second-order valence-corrected chi connectivity index (χ2v) is 16.0. The second-order valence-electron chi connectivity index (χ2n) is 14.5. The van der Waals surface area contributed by atoms with Gasteiger partial charge in [0.1, 0.15) is 18.8 Å². The fraction of sp³-hybridized carbons (Fsp3) is 0.548. The highest BCUT2D eigenvalue weighted by atomic mass is 31.2. The molecule has 3 aromatic carbocycles. The van der Waals surface area contributed by atoms with Gasteiger partial charge in [0.05, 0.1) is 34.4 Å². The number of benzene rings is 3. The van der Waals surface area contributed by atoms with Gasteiger partial charge in [0.2, 0.25) is 0 Å². The fourth-order valence-corrected chi connectivity index (χ4v) is 6.84. The number of nitrogens with one attached hydrogen (secondary N) is 1. The first-order valence-corrected chi connectivity index (χ1v) is 20.7. The van der Waals surface area contributed by atoms with Gasteiger partial charge in [-0.25, -0.2) is 9.36 Å². The Kier molecular flexibility index (Phi) is 19.7. The predicted molar refractivity (Wildman–Crippen MR) is 209 cm³/mol. The lowest BCUT2D eigenvalue weighted by molar-refractivity contribution is -0.870. The molecule has 2 N–H and O–H groups in total. The Labute approximate surface area is 313 Å². The molecule has 0 fully saturated rings. The molecule has 0 aliphatic carbocycles. The minimum absolute atomic E-state index is 0.0258. The first kappa shape index (κ1) is 43.4. The van der Waals surface area contributed by atoms with E-state index in [2.05, 4.69) is 12.2 Å². The van der Waals surface area contributed by atoms with Gasteiger partial charge in [-0.2, -0.15) is 0 Å². The number of phosphoric ester groups is 1. The van der Waals surface area contributed by atoms with Crippen LogP contribution in [0.5, 0.6) is 0 Å². The van der Waals surface area contributed by atoms with Crippen LogP contribution < -0.4 is 5.32 Å². The molecule has 9 nitrogen and oxygen atoms in total. The lowest BCUT2D eigenvalue weighted by atomic mass is 9.80. The van der Waals surface area contributed by atoms with Gasteiger partial charge in [0.25, 0.3) is 0 Å². The van der Waals surface area contributed by atoms with E-state index in [1.165, 1.54) is 57.8 Å². The van der Waals surface area contributed by atoms with Crippen LogP contribution in [0.4, 0.5) is 4.79 Å². The number of alkyl carbamates (subject to hydrolysis) is 1. The zero-order valence-corrected chi connectivity index (χ0v) is 32.9. The van der Waals surface area contributed by atoms with E-state index >= 15 is 0 Å². The Hall–Kier alpha value is -3.04. The zero-order chi connectivity index (χ0) is 37.5. The highest BCUT2D eigenvalue weighted by Gasteiger charge is 2.39. The van der Waals surface area contributed by atoms with Gasteiger partial charge < -0.3 is 24.2 Å². The minimum Gasteiger partial charge on any atom is -0.441 e. The summed E-state index contributed by atoms with van der Waals surface area (Å²) < 4.78 is 36.8. The summed E-state index contributed by atoms with van der Waals surface area (Å²) in [5.41, 5.74) is 1.54. The number of carbonyl (C=O) groups is 1. The summed E-state index contributed by atoms with van der Waals surface area (Å²) in [4.78, 5) is 23.6. The molecule has 288 valence electrons. The van der Waals surface area contributed by atoms with Crippen LogP contribution in [0.15, 0.2) is 91.0 Å². The van der Waals surface area contributed by atoms with Crippen molar-refractivity contribution in [1.82, 2.24) is 5.32 Å². The molecule has 1 unspecified atom stereocenters. The van der Waals surface area contributed by atoms with Gasteiger partial charge in [0.15, 0.2) is 6.10 Å². The number of hydrogen-bond acceptors (Lipinski definition) is 6. The lowest BCUT2D eigenvalue weighted by Gasteiger charge is -2.37. The summed E-state index contributed by atoms with van der Waals surface area (Å²) in [6, 6.07) is 29.5. The molecule has 0 spiro atoms. The number of carbonyl (C=O) groups excluding carboxylic acids is 1. The van der Waals surface area contributed by atoms with Crippen molar-refractivity contribution in [3.05, 3.63) is 108 Å².